The van der Waals surface area contributed by atoms with Gasteiger partial charge in [-0.25, -0.2) is 4.79 Å². The molecule has 2 aromatic rings. The quantitative estimate of drug-likeness (QED) is 0.351. The SMILES string of the molecule is [CH2][Si](C)(C)c1cccc(OCC=C)c1OC(=O)c1ccccc1. The van der Waals surface area contributed by atoms with E-state index in [2.05, 4.69) is 26.2 Å². The largest absolute Gasteiger partial charge is 0.486 e. The molecule has 4 heteroatoms. The average Bonchev–Trinajstić information content (AvgIpc) is 2.53. The van der Waals surface area contributed by atoms with Gasteiger partial charge < -0.3 is 9.47 Å². The van der Waals surface area contributed by atoms with Crippen LogP contribution in [0.1, 0.15) is 10.4 Å². The van der Waals surface area contributed by atoms with E-state index < -0.39 is 14.0 Å². The molecule has 0 unspecified atom stereocenters. The van der Waals surface area contributed by atoms with Crippen LogP contribution in [-0.2, 0) is 0 Å². The zero-order valence-electron chi connectivity index (χ0n) is 13.5. The van der Waals surface area contributed by atoms with E-state index in [4.69, 9.17) is 9.47 Å². The van der Waals surface area contributed by atoms with E-state index in [9.17, 15) is 4.79 Å². The zero-order chi connectivity index (χ0) is 16.9. The maximum atomic E-state index is 12.4. The lowest BCUT2D eigenvalue weighted by atomic mass is 10.2. The Kier molecular flexibility index (Phi) is 5.39. The maximum absolute atomic E-state index is 12.4. The Morgan fingerprint density at radius 1 is 1.13 bits per heavy atom. The van der Waals surface area contributed by atoms with Crippen molar-refractivity contribution < 1.29 is 14.3 Å². The third kappa shape index (κ3) is 4.33. The van der Waals surface area contributed by atoms with Crippen LogP contribution in [0.3, 0.4) is 0 Å². The lowest BCUT2D eigenvalue weighted by Crippen LogP contribution is -2.40. The van der Waals surface area contributed by atoms with Gasteiger partial charge in [-0.1, -0.05) is 62.6 Å². The van der Waals surface area contributed by atoms with E-state index >= 15 is 0 Å². The Balaban J connectivity index is 2.41. The molecular formula is C19H21O3Si. The predicted molar refractivity (Wildman–Crippen MR) is 96.0 cm³/mol. The molecule has 0 aliphatic heterocycles. The Labute approximate surface area is 138 Å². The van der Waals surface area contributed by atoms with Gasteiger partial charge in [0.2, 0.25) is 0 Å². The molecule has 2 aromatic carbocycles. The van der Waals surface area contributed by atoms with Crippen molar-refractivity contribution in [1.82, 2.24) is 0 Å². The van der Waals surface area contributed by atoms with Crippen LogP contribution in [0.25, 0.3) is 0 Å². The van der Waals surface area contributed by atoms with Crippen molar-refractivity contribution in [3.8, 4) is 11.5 Å². The summed E-state index contributed by atoms with van der Waals surface area (Å²) >= 11 is 0. The summed E-state index contributed by atoms with van der Waals surface area (Å²) in [6.07, 6.45) is 1.65. The highest BCUT2D eigenvalue weighted by Crippen LogP contribution is 2.28. The molecule has 3 nitrogen and oxygen atoms in total. The lowest BCUT2D eigenvalue weighted by molar-refractivity contribution is 0.0730. The van der Waals surface area contributed by atoms with Gasteiger partial charge in [-0.15, -0.1) is 0 Å². The van der Waals surface area contributed by atoms with Crippen LogP contribution >= 0.6 is 0 Å². The fraction of sp³-hybridized carbons (Fsp3) is 0.158. The van der Waals surface area contributed by atoms with E-state index in [1.165, 1.54) is 0 Å². The smallest absolute Gasteiger partial charge is 0.343 e. The highest BCUT2D eigenvalue weighted by Gasteiger charge is 2.26. The van der Waals surface area contributed by atoms with E-state index in [1.807, 2.05) is 18.2 Å². The second kappa shape index (κ2) is 7.29. The maximum Gasteiger partial charge on any atom is 0.343 e. The Morgan fingerprint density at radius 3 is 2.43 bits per heavy atom. The molecule has 0 heterocycles. The number of carbonyl (C=O) groups excluding carboxylic acids is 1. The second-order valence-corrected chi connectivity index (χ2v) is 10.2. The number of hydrogen-bond donors (Lipinski definition) is 0. The zero-order valence-corrected chi connectivity index (χ0v) is 14.5. The van der Waals surface area contributed by atoms with Gasteiger partial charge in [0.1, 0.15) is 6.61 Å². The summed E-state index contributed by atoms with van der Waals surface area (Å²) < 4.78 is 11.3. The summed E-state index contributed by atoms with van der Waals surface area (Å²) in [6.45, 7) is 12.5. The molecule has 0 saturated heterocycles. The number of para-hydroxylation sites is 1. The van der Waals surface area contributed by atoms with Gasteiger partial charge in [-0.2, -0.15) is 0 Å². The van der Waals surface area contributed by atoms with Crippen LogP contribution in [0.15, 0.2) is 61.2 Å². The van der Waals surface area contributed by atoms with Crippen LogP contribution in [-0.4, -0.2) is 20.7 Å². The summed E-state index contributed by atoms with van der Waals surface area (Å²) in [5.74, 6) is 0.602. The van der Waals surface area contributed by atoms with Gasteiger partial charge in [0.25, 0.3) is 0 Å². The lowest BCUT2D eigenvalue weighted by Gasteiger charge is -2.22. The summed E-state index contributed by atoms with van der Waals surface area (Å²) in [5.41, 5.74) is 0.500. The second-order valence-electron chi connectivity index (χ2n) is 5.87. The molecule has 0 spiro atoms. The standard InChI is InChI=1S/C19H21O3Si/c1-5-14-21-16-12-9-13-17(23(2,3)4)18(16)22-19(20)15-10-7-6-8-11-15/h5-13H,1-2,14H2,3-4H3. The van der Waals surface area contributed by atoms with Crippen molar-refractivity contribution in [3.05, 3.63) is 73.3 Å². The van der Waals surface area contributed by atoms with Crippen LogP contribution in [0, 0.1) is 6.55 Å². The first kappa shape index (κ1) is 17.0. The van der Waals surface area contributed by atoms with Crippen LogP contribution in [0.2, 0.25) is 13.1 Å². The van der Waals surface area contributed by atoms with Crippen LogP contribution < -0.4 is 14.7 Å². The monoisotopic (exact) mass is 325 g/mol. The summed E-state index contributed by atoms with van der Waals surface area (Å²) in [7, 11) is -1.95. The van der Waals surface area contributed by atoms with Crippen molar-refractivity contribution in [1.29, 1.82) is 0 Å². The molecule has 0 fully saturated rings. The Bertz CT molecular complexity index is 688. The number of benzene rings is 2. The number of hydrogen-bond acceptors (Lipinski definition) is 3. The van der Waals surface area contributed by atoms with Crippen molar-refractivity contribution in [2.24, 2.45) is 0 Å². The molecule has 0 aliphatic rings. The van der Waals surface area contributed by atoms with Crippen molar-refractivity contribution in [3.63, 3.8) is 0 Å². The van der Waals surface area contributed by atoms with Crippen molar-refractivity contribution in [2.75, 3.05) is 6.61 Å². The minimum Gasteiger partial charge on any atom is -0.486 e. The molecule has 0 atom stereocenters. The molecule has 2 rings (SSSR count). The van der Waals surface area contributed by atoms with Gasteiger partial charge in [-0.3, -0.25) is 0 Å². The normalized spacial score (nSPS) is 10.9. The molecule has 0 bridgehead atoms. The first-order valence-corrected chi connectivity index (χ1v) is 10.6. The summed E-state index contributed by atoms with van der Waals surface area (Å²) in [4.78, 5) is 12.4. The first-order chi connectivity index (χ1) is 10.9. The number of rotatable bonds is 6. The van der Waals surface area contributed by atoms with Gasteiger partial charge in [0.15, 0.2) is 11.5 Å². The third-order valence-corrected chi connectivity index (χ3v) is 5.12. The molecule has 0 aliphatic carbocycles. The molecule has 0 aromatic heterocycles. The van der Waals surface area contributed by atoms with Crippen molar-refractivity contribution in [2.45, 2.75) is 13.1 Å². The topological polar surface area (TPSA) is 35.5 Å². The van der Waals surface area contributed by atoms with E-state index in [-0.39, 0.29) is 0 Å². The summed E-state index contributed by atoms with van der Waals surface area (Å²) in [5, 5.41) is 0.948. The van der Waals surface area contributed by atoms with Crippen LogP contribution in [0.4, 0.5) is 0 Å². The molecule has 0 saturated carbocycles. The minimum absolute atomic E-state index is 0.346. The number of ether oxygens (including phenoxy) is 2. The minimum atomic E-state index is -1.95. The highest BCUT2D eigenvalue weighted by atomic mass is 28.3. The molecular weight excluding hydrogens is 304 g/mol. The fourth-order valence-corrected chi connectivity index (χ4v) is 3.48. The molecule has 23 heavy (non-hydrogen) atoms. The van der Waals surface area contributed by atoms with Gasteiger partial charge in [0, 0.05) is 0 Å². The summed E-state index contributed by atoms with van der Waals surface area (Å²) in [6, 6.07) is 14.6. The first-order valence-electron chi connectivity index (χ1n) is 7.43. The number of carbonyl (C=O) groups is 1. The number of esters is 1. The average molecular weight is 325 g/mol. The Hall–Kier alpha value is -2.33. The predicted octanol–water partition coefficient (Wildman–Crippen LogP) is 3.76. The van der Waals surface area contributed by atoms with E-state index in [1.54, 1.807) is 36.4 Å². The van der Waals surface area contributed by atoms with E-state index in [0.29, 0.717) is 23.7 Å². The van der Waals surface area contributed by atoms with Gasteiger partial charge in [0.05, 0.1) is 13.6 Å². The van der Waals surface area contributed by atoms with Gasteiger partial charge >= 0.3 is 5.97 Å². The highest BCUT2D eigenvalue weighted by molar-refractivity contribution is 6.92. The fourth-order valence-electron chi connectivity index (χ4n) is 2.14. The van der Waals surface area contributed by atoms with Crippen LogP contribution in [0.5, 0.6) is 11.5 Å². The van der Waals surface area contributed by atoms with Gasteiger partial charge in [-0.05, 0) is 23.4 Å². The molecule has 0 amide bonds. The molecule has 1 radical (unpaired) electrons. The molecule has 119 valence electrons. The van der Waals surface area contributed by atoms with Crippen molar-refractivity contribution >= 4 is 19.2 Å². The molecule has 0 N–H and O–H groups in total. The van der Waals surface area contributed by atoms with E-state index in [0.717, 1.165) is 5.19 Å². The Morgan fingerprint density at radius 2 is 1.83 bits per heavy atom. The third-order valence-electron chi connectivity index (χ3n) is 3.27.